The molecule has 0 radical (unpaired) electrons. The lowest BCUT2D eigenvalue weighted by atomic mass is 9.89. The zero-order valence-electron chi connectivity index (χ0n) is 20.4. The number of amides is 1. The molecule has 188 valence electrons. The SMILES string of the molecule is CCCSN1CCC(C2CC(c3cc(C(=O)NCc4ccc(F)c(OC)c4)nc(C)n3)=NO2)CC1. The van der Waals surface area contributed by atoms with Crippen molar-refractivity contribution < 1.29 is 18.8 Å². The first-order valence-electron chi connectivity index (χ1n) is 12.0. The highest BCUT2D eigenvalue weighted by Gasteiger charge is 2.33. The molecule has 1 aromatic heterocycles. The van der Waals surface area contributed by atoms with Crippen LogP contribution in [0.2, 0.25) is 0 Å². The van der Waals surface area contributed by atoms with Crippen molar-refractivity contribution in [1.29, 1.82) is 0 Å². The summed E-state index contributed by atoms with van der Waals surface area (Å²) in [6, 6.07) is 6.13. The largest absolute Gasteiger partial charge is 0.494 e. The third-order valence-electron chi connectivity index (χ3n) is 6.23. The van der Waals surface area contributed by atoms with E-state index in [0.717, 1.165) is 37.2 Å². The van der Waals surface area contributed by atoms with Gasteiger partial charge in [-0.3, -0.25) is 9.10 Å². The normalized spacial score (nSPS) is 18.7. The molecule has 2 aliphatic rings. The Morgan fingerprint density at radius 3 is 2.83 bits per heavy atom. The molecule has 8 nitrogen and oxygen atoms in total. The van der Waals surface area contributed by atoms with E-state index in [1.807, 2.05) is 11.9 Å². The smallest absolute Gasteiger partial charge is 0.270 e. The number of piperidine rings is 1. The molecule has 2 aliphatic heterocycles. The van der Waals surface area contributed by atoms with Gasteiger partial charge < -0.3 is 14.9 Å². The number of carbonyl (C=O) groups excluding carboxylic acids is 1. The second kappa shape index (κ2) is 11.8. The number of hydrogen-bond acceptors (Lipinski definition) is 8. The molecule has 0 bridgehead atoms. The number of benzene rings is 1. The van der Waals surface area contributed by atoms with E-state index in [2.05, 4.69) is 31.7 Å². The summed E-state index contributed by atoms with van der Waals surface area (Å²) in [5.74, 6) is 1.47. The summed E-state index contributed by atoms with van der Waals surface area (Å²) in [5, 5.41) is 7.15. The van der Waals surface area contributed by atoms with Crippen LogP contribution < -0.4 is 10.1 Å². The Morgan fingerprint density at radius 2 is 2.09 bits per heavy atom. The Hall–Kier alpha value is -2.72. The number of nitrogens with zero attached hydrogens (tertiary/aromatic N) is 4. The molecule has 3 heterocycles. The fourth-order valence-electron chi connectivity index (χ4n) is 4.32. The zero-order chi connectivity index (χ0) is 24.8. The van der Waals surface area contributed by atoms with Gasteiger partial charge in [0.15, 0.2) is 11.6 Å². The topological polar surface area (TPSA) is 88.9 Å². The van der Waals surface area contributed by atoms with Gasteiger partial charge in [0, 0.05) is 37.7 Å². The summed E-state index contributed by atoms with van der Waals surface area (Å²) in [7, 11) is 1.40. The molecule has 1 fully saturated rings. The summed E-state index contributed by atoms with van der Waals surface area (Å²) < 4.78 is 21.1. The molecule has 35 heavy (non-hydrogen) atoms. The van der Waals surface area contributed by atoms with Crippen molar-refractivity contribution in [2.75, 3.05) is 26.0 Å². The van der Waals surface area contributed by atoms with Gasteiger partial charge in [-0.15, -0.1) is 0 Å². The molecule has 1 saturated heterocycles. The van der Waals surface area contributed by atoms with Crippen molar-refractivity contribution >= 4 is 23.6 Å². The van der Waals surface area contributed by atoms with Gasteiger partial charge in [0.1, 0.15) is 23.3 Å². The minimum Gasteiger partial charge on any atom is -0.494 e. The second-order valence-corrected chi connectivity index (χ2v) is 10.0. The first-order chi connectivity index (χ1) is 17.0. The Balaban J connectivity index is 1.35. The van der Waals surface area contributed by atoms with E-state index in [1.165, 1.54) is 25.3 Å². The minimum absolute atomic E-state index is 0.0457. The predicted octanol–water partition coefficient (Wildman–Crippen LogP) is 4.13. The number of ether oxygens (including phenoxy) is 1. The summed E-state index contributed by atoms with van der Waals surface area (Å²) in [6.07, 6.45) is 4.10. The summed E-state index contributed by atoms with van der Waals surface area (Å²) in [6.45, 7) is 6.32. The number of rotatable bonds is 9. The summed E-state index contributed by atoms with van der Waals surface area (Å²) in [4.78, 5) is 27.4. The van der Waals surface area contributed by atoms with Crippen LogP contribution in [-0.4, -0.2) is 57.9 Å². The fourth-order valence-corrected chi connectivity index (χ4v) is 5.23. The highest BCUT2D eigenvalue weighted by atomic mass is 32.2. The highest BCUT2D eigenvalue weighted by Crippen LogP contribution is 2.31. The van der Waals surface area contributed by atoms with Crippen LogP contribution >= 0.6 is 11.9 Å². The van der Waals surface area contributed by atoms with Crippen LogP contribution in [0.15, 0.2) is 29.4 Å². The Kier molecular flexibility index (Phi) is 8.56. The molecule has 1 aromatic carbocycles. The molecule has 0 spiro atoms. The maximum Gasteiger partial charge on any atom is 0.270 e. The number of aryl methyl sites for hydroxylation is 1. The Bertz CT molecular complexity index is 1080. The molecule has 1 unspecified atom stereocenters. The molecule has 4 rings (SSSR count). The third-order valence-corrected chi connectivity index (χ3v) is 7.55. The molecule has 1 N–H and O–H groups in total. The van der Waals surface area contributed by atoms with Crippen LogP contribution in [0.25, 0.3) is 0 Å². The van der Waals surface area contributed by atoms with E-state index in [9.17, 15) is 9.18 Å². The van der Waals surface area contributed by atoms with Crippen LogP contribution in [0, 0.1) is 18.7 Å². The van der Waals surface area contributed by atoms with Gasteiger partial charge in [0.2, 0.25) is 0 Å². The van der Waals surface area contributed by atoms with Crippen LogP contribution in [0.1, 0.15) is 60.2 Å². The lowest BCUT2D eigenvalue weighted by molar-refractivity contribution is 0.0233. The lowest BCUT2D eigenvalue weighted by Crippen LogP contribution is -2.34. The van der Waals surface area contributed by atoms with Crippen molar-refractivity contribution in [2.24, 2.45) is 11.1 Å². The standard InChI is InChI=1S/C25H32FN5O3S/c1-4-11-35-31-9-7-18(8-10-31)23-14-21(30-34-23)20-13-22(29-16(2)28-20)25(32)27-15-17-5-6-19(26)24(12-17)33-3/h5-6,12-13,18,23H,4,7-11,14-15H2,1-3H3,(H,27,32). The van der Waals surface area contributed by atoms with E-state index in [0.29, 0.717) is 23.9 Å². The highest BCUT2D eigenvalue weighted by molar-refractivity contribution is 7.97. The van der Waals surface area contributed by atoms with Crippen molar-refractivity contribution in [3.8, 4) is 5.75 Å². The van der Waals surface area contributed by atoms with Crippen molar-refractivity contribution in [2.45, 2.75) is 52.2 Å². The van der Waals surface area contributed by atoms with Crippen LogP contribution in [0.4, 0.5) is 4.39 Å². The molecule has 1 amide bonds. The van der Waals surface area contributed by atoms with E-state index in [4.69, 9.17) is 9.57 Å². The van der Waals surface area contributed by atoms with E-state index in [1.54, 1.807) is 25.1 Å². The third kappa shape index (κ3) is 6.49. The molecule has 10 heteroatoms. The number of halogens is 1. The average molecular weight is 502 g/mol. The van der Waals surface area contributed by atoms with Crippen molar-refractivity contribution in [1.82, 2.24) is 19.6 Å². The molecule has 0 aliphatic carbocycles. The van der Waals surface area contributed by atoms with Gasteiger partial charge in [-0.25, -0.2) is 14.4 Å². The monoisotopic (exact) mass is 501 g/mol. The van der Waals surface area contributed by atoms with Gasteiger partial charge in [0.05, 0.1) is 12.8 Å². The number of oxime groups is 1. The summed E-state index contributed by atoms with van der Waals surface area (Å²) >= 11 is 1.94. The van der Waals surface area contributed by atoms with Gasteiger partial charge in [0.25, 0.3) is 5.91 Å². The zero-order valence-corrected chi connectivity index (χ0v) is 21.2. The fraction of sp³-hybridized carbons (Fsp3) is 0.520. The number of hydrogen-bond donors (Lipinski definition) is 1. The average Bonchev–Trinajstić information content (AvgIpc) is 3.37. The van der Waals surface area contributed by atoms with Gasteiger partial charge in [-0.05, 0) is 49.9 Å². The van der Waals surface area contributed by atoms with E-state index in [-0.39, 0.29) is 30.0 Å². The molecular formula is C25H32FN5O3S. The maximum absolute atomic E-state index is 13.6. The molecule has 0 saturated carbocycles. The predicted molar refractivity (Wildman–Crippen MR) is 134 cm³/mol. The molecular weight excluding hydrogens is 469 g/mol. The number of nitrogens with one attached hydrogen (secondary N) is 1. The summed E-state index contributed by atoms with van der Waals surface area (Å²) in [5.41, 5.74) is 2.34. The van der Waals surface area contributed by atoms with Gasteiger partial charge >= 0.3 is 0 Å². The minimum atomic E-state index is -0.447. The second-order valence-electron chi connectivity index (χ2n) is 8.82. The number of methoxy groups -OCH3 is 1. The lowest BCUT2D eigenvalue weighted by Gasteiger charge is -2.32. The van der Waals surface area contributed by atoms with Crippen LogP contribution in [-0.2, 0) is 11.4 Å². The number of carbonyl (C=O) groups is 1. The van der Waals surface area contributed by atoms with Crippen LogP contribution in [0.3, 0.4) is 0 Å². The van der Waals surface area contributed by atoms with Crippen molar-refractivity contribution in [3.05, 3.63) is 52.9 Å². The first kappa shape index (κ1) is 25.4. The Labute approximate surface area is 209 Å². The quantitative estimate of drug-likeness (QED) is 0.517. The van der Waals surface area contributed by atoms with E-state index >= 15 is 0 Å². The number of aromatic nitrogens is 2. The first-order valence-corrected chi connectivity index (χ1v) is 13.0. The maximum atomic E-state index is 13.6. The van der Waals surface area contributed by atoms with Crippen LogP contribution in [0.5, 0.6) is 5.75 Å². The molecule has 2 aromatic rings. The van der Waals surface area contributed by atoms with Crippen molar-refractivity contribution in [3.63, 3.8) is 0 Å². The van der Waals surface area contributed by atoms with Gasteiger partial charge in [-0.2, -0.15) is 0 Å². The van der Waals surface area contributed by atoms with Gasteiger partial charge in [-0.1, -0.05) is 30.1 Å². The van der Waals surface area contributed by atoms with E-state index < -0.39 is 5.82 Å². The molecule has 1 atom stereocenters. The Morgan fingerprint density at radius 1 is 1.29 bits per heavy atom.